The molecule has 1 aliphatic heterocycles. The van der Waals surface area contributed by atoms with E-state index in [0.29, 0.717) is 25.9 Å². The Hall–Kier alpha value is -1.70. The first-order valence-corrected chi connectivity index (χ1v) is 21.2. The number of aliphatic hydroxyl groups excluding tert-OH is 2. The monoisotopic (exact) mass is 706 g/mol. The van der Waals surface area contributed by atoms with E-state index >= 15 is 0 Å². The van der Waals surface area contributed by atoms with Gasteiger partial charge in [-0.05, 0) is 64.2 Å². The van der Waals surface area contributed by atoms with Crippen LogP contribution >= 0.6 is 0 Å². The lowest BCUT2D eigenvalue weighted by molar-refractivity contribution is -0.164. The van der Waals surface area contributed by atoms with E-state index in [1.165, 1.54) is 116 Å². The predicted octanol–water partition coefficient (Wildman–Crippen LogP) is 10.6. The number of ether oxygens (including phenoxy) is 2. The molecule has 7 heteroatoms. The smallest absolute Gasteiger partial charge is 0.306 e. The number of hydrogen-bond donors (Lipinski definition) is 2. The third kappa shape index (κ3) is 28.0. The summed E-state index contributed by atoms with van der Waals surface area (Å²) in [6.45, 7) is 5.21. The molecule has 1 aliphatic rings. The van der Waals surface area contributed by atoms with Gasteiger partial charge in [0.05, 0.1) is 12.7 Å². The molecule has 0 bridgehead atoms. The van der Waals surface area contributed by atoms with Crippen LogP contribution in [0.4, 0.5) is 0 Å². The molecule has 3 unspecified atom stereocenters. The molecule has 1 heterocycles. The summed E-state index contributed by atoms with van der Waals surface area (Å²) in [5, 5.41) is 19.2. The number of carbonyl (C=O) groups excluding carboxylic acids is 2. The zero-order valence-corrected chi connectivity index (χ0v) is 32.6. The number of rotatable bonds is 35. The molecule has 1 fully saturated rings. The van der Waals surface area contributed by atoms with Gasteiger partial charge in [0.1, 0.15) is 0 Å². The SMILES string of the molecule is CCCCCCCC/C=C\CCCCCCCC(=O)OC1CN(CC(O)CO)CC1OC(=O)CCCCCCC/C=C\CCCCCCCC. The summed E-state index contributed by atoms with van der Waals surface area (Å²) in [5.41, 5.74) is 0. The van der Waals surface area contributed by atoms with Gasteiger partial charge in [-0.1, -0.05) is 141 Å². The first-order chi connectivity index (χ1) is 24.5. The Morgan fingerprint density at radius 3 is 1.22 bits per heavy atom. The molecule has 0 spiro atoms. The Balaban J connectivity index is 2.19. The number of allylic oxidation sites excluding steroid dienone is 4. The van der Waals surface area contributed by atoms with Gasteiger partial charge < -0.3 is 19.7 Å². The van der Waals surface area contributed by atoms with Crippen molar-refractivity contribution in [1.29, 1.82) is 0 Å². The first-order valence-electron chi connectivity index (χ1n) is 21.2. The van der Waals surface area contributed by atoms with Crippen LogP contribution in [0.1, 0.15) is 194 Å². The third-order valence-electron chi connectivity index (χ3n) is 9.82. The summed E-state index contributed by atoms with van der Waals surface area (Å²) < 4.78 is 11.6. The maximum Gasteiger partial charge on any atom is 0.306 e. The van der Waals surface area contributed by atoms with Crippen LogP contribution < -0.4 is 0 Å². The van der Waals surface area contributed by atoms with Gasteiger partial charge in [0.2, 0.25) is 0 Å². The summed E-state index contributed by atoms with van der Waals surface area (Å²) >= 11 is 0. The Labute approximate surface area is 308 Å². The predicted molar refractivity (Wildman–Crippen MR) is 208 cm³/mol. The van der Waals surface area contributed by atoms with Gasteiger partial charge in [-0.3, -0.25) is 14.5 Å². The summed E-state index contributed by atoms with van der Waals surface area (Å²) in [5.74, 6) is -0.508. The second kappa shape index (κ2) is 34.4. The molecule has 0 aromatic rings. The van der Waals surface area contributed by atoms with Crippen LogP contribution in [0.3, 0.4) is 0 Å². The van der Waals surface area contributed by atoms with E-state index in [0.717, 1.165) is 51.4 Å². The van der Waals surface area contributed by atoms with Gasteiger partial charge in [0, 0.05) is 32.5 Å². The van der Waals surface area contributed by atoms with Gasteiger partial charge in [-0.15, -0.1) is 0 Å². The summed E-state index contributed by atoms with van der Waals surface area (Å²) in [6, 6.07) is 0. The molecule has 1 saturated heterocycles. The molecule has 0 aromatic heterocycles. The zero-order chi connectivity index (χ0) is 36.3. The number of aliphatic hydroxyl groups is 2. The van der Waals surface area contributed by atoms with Gasteiger partial charge >= 0.3 is 11.9 Å². The van der Waals surface area contributed by atoms with Crippen molar-refractivity contribution in [3.8, 4) is 0 Å². The first kappa shape index (κ1) is 46.3. The minimum atomic E-state index is -0.882. The number of carbonyl (C=O) groups is 2. The van der Waals surface area contributed by atoms with E-state index in [1.807, 2.05) is 4.90 Å². The van der Waals surface area contributed by atoms with Crippen LogP contribution in [-0.4, -0.2) is 71.6 Å². The molecule has 0 amide bonds. The Morgan fingerprint density at radius 1 is 0.560 bits per heavy atom. The Kier molecular flexibility index (Phi) is 31.9. The van der Waals surface area contributed by atoms with Crippen molar-refractivity contribution in [3.63, 3.8) is 0 Å². The highest BCUT2D eigenvalue weighted by atomic mass is 16.6. The fourth-order valence-electron chi connectivity index (χ4n) is 6.69. The van der Waals surface area contributed by atoms with E-state index in [-0.39, 0.29) is 25.1 Å². The fourth-order valence-corrected chi connectivity index (χ4v) is 6.69. The second-order valence-corrected chi connectivity index (χ2v) is 14.8. The lowest BCUT2D eigenvalue weighted by Crippen LogP contribution is -2.33. The average molecular weight is 706 g/mol. The van der Waals surface area contributed by atoms with Crippen molar-refractivity contribution in [2.45, 2.75) is 212 Å². The molecule has 2 N–H and O–H groups in total. The molecule has 0 aliphatic carbocycles. The van der Waals surface area contributed by atoms with E-state index in [1.54, 1.807) is 0 Å². The highest BCUT2D eigenvalue weighted by Gasteiger charge is 2.38. The Bertz CT molecular complexity index is 783. The number of nitrogens with zero attached hydrogens (tertiary/aromatic N) is 1. The maximum absolute atomic E-state index is 12.7. The standard InChI is InChI=1S/C43H79NO6/c1-3-5-7-9-11-13-15-17-19-21-23-25-27-29-31-33-42(47)49-40-36-44(35-39(46)38-45)37-41(40)50-43(48)34-32-30-28-26-24-22-20-18-16-14-12-10-8-6-4-2/h17-20,39-41,45-46H,3-16,21-38H2,1-2H3/b19-17-,20-18-. The Morgan fingerprint density at radius 2 is 0.880 bits per heavy atom. The lowest BCUT2D eigenvalue weighted by atomic mass is 10.1. The zero-order valence-electron chi connectivity index (χ0n) is 32.6. The fraction of sp³-hybridized carbons (Fsp3) is 0.860. The largest absolute Gasteiger partial charge is 0.457 e. The average Bonchev–Trinajstić information content (AvgIpc) is 3.47. The lowest BCUT2D eigenvalue weighted by Gasteiger charge is -2.19. The van der Waals surface area contributed by atoms with Crippen LogP contribution in [0.25, 0.3) is 0 Å². The van der Waals surface area contributed by atoms with E-state index in [9.17, 15) is 19.8 Å². The van der Waals surface area contributed by atoms with Crippen molar-refractivity contribution in [1.82, 2.24) is 4.90 Å². The second-order valence-electron chi connectivity index (χ2n) is 14.8. The number of esters is 2. The molecule has 7 nitrogen and oxygen atoms in total. The van der Waals surface area contributed by atoms with Gasteiger partial charge in [0.25, 0.3) is 0 Å². The number of likely N-dealkylation sites (tertiary alicyclic amines) is 1. The van der Waals surface area contributed by atoms with Crippen molar-refractivity contribution >= 4 is 11.9 Å². The molecular weight excluding hydrogens is 626 g/mol. The summed E-state index contributed by atoms with van der Waals surface area (Å²) in [4.78, 5) is 27.3. The normalized spacial score (nSPS) is 17.3. The molecule has 0 saturated carbocycles. The summed E-state index contributed by atoms with van der Waals surface area (Å²) in [6.07, 6.45) is 39.5. The van der Waals surface area contributed by atoms with Crippen LogP contribution in [0.5, 0.6) is 0 Å². The molecule has 1 rings (SSSR count). The topological polar surface area (TPSA) is 96.3 Å². The third-order valence-corrected chi connectivity index (χ3v) is 9.82. The molecule has 0 aromatic carbocycles. The molecule has 3 atom stereocenters. The van der Waals surface area contributed by atoms with Crippen molar-refractivity contribution in [3.05, 3.63) is 24.3 Å². The van der Waals surface area contributed by atoms with Crippen molar-refractivity contribution in [2.24, 2.45) is 0 Å². The number of hydrogen-bond acceptors (Lipinski definition) is 7. The van der Waals surface area contributed by atoms with Crippen LogP contribution in [0.15, 0.2) is 24.3 Å². The van der Waals surface area contributed by atoms with E-state index in [4.69, 9.17) is 9.47 Å². The van der Waals surface area contributed by atoms with Crippen LogP contribution in [0.2, 0.25) is 0 Å². The molecule has 292 valence electrons. The maximum atomic E-state index is 12.7. The van der Waals surface area contributed by atoms with E-state index < -0.39 is 18.3 Å². The van der Waals surface area contributed by atoms with Crippen LogP contribution in [0, 0.1) is 0 Å². The van der Waals surface area contributed by atoms with Gasteiger partial charge in [0.15, 0.2) is 12.2 Å². The van der Waals surface area contributed by atoms with Crippen molar-refractivity contribution in [2.75, 3.05) is 26.2 Å². The van der Waals surface area contributed by atoms with Crippen LogP contribution in [-0.2, 0) is 19.1 Å². The molecule has 0 radical (unpaired) electrons. The summed E-state index contributed by atoms with van der Waals surface area (Å²) in [7, 11) is 0. The minimum absolute atomic E-state index is 0.251. The number of unbranched alkanes of at least 4 members (excludes halogenated alkanes) is 22. The van der Waals surface area contributed by atoms with Gasteiger partial charge in [-0.25, -0.2) is 0 Å². The highest BCUT2D eigenvalue weighted by Crippen LogP contribution is 2.20. The molecule has 50 heavy (non-hydrogen) atoms. The minimum Gasteiger partial charge on any atom is -0.457 e. The number of β-amino-alcohol motifs (C(OH)–C–C–N with tert-alkyl or cyclic N) is 1. The quantitative estimate of drug-likeness (QED) is 0.0385. The van der Waals surface area contributed by atoms with Gasteiger partial charge in [-0.2, -0.15) is 0 Å². The van der Waals surface area contributed by atoms with Crippen molar-refractivity contribution < 1.29 is 29.3 Å². The molecular formula is C43H79NO6. The van der Waals surface area contributed by atoms with E-state index in [2.05, 4.69) is 38.2 Å². The highest BCUT2D eigenvalue weighted by molar-refractivity contribution is 5.70.